The normalized spacial score (nSPS) is 23.3. The molecule has 25 heavy (non-hydrogen) atoms. The Labute approximate surface area is 151 Å². The van der Waals surface area contributed by atoms with Crippen molar-refractivity contribution in [2.45, 2.75) is 71.8 Å². The molecule has 2 unspecified atom stereocenters. The van der Waals surface area contributed by atoms with Crippen LogP contribution in [0.2, 0.25) is 0 Å². The largest absolute Gasteiger partial charge is 0.477 e. The number of aromatic nitrogens is 1. The lowest BCUT2D eigenvalue weighted by molar-refractivity contribution is -0.147. The topological polar surface area (TPSA) is 60.5 Å². The van der Waals surface area contributed by atoms with E-state index in [9.17, 15) is 4.79 Å². The second-order valence-corrected chi connectivity index (χ2v) is 7.13. The molecule has 0 aliphatic heterocycles. The van der Waals surface area contributed by atoms with E-state index in [1.54, 1.807) is 6.20 Å². The number of nitrogens with one attached hydrogen (secondary N) is 1. The van der Waals surface area contributed by atoms with Gasteiger partial charge in [0.1, 0.15) is 5.60 Å². The first-order valence-electron chi connectivity index (χ1n) is 9.55. The van der Waals surface area contributed by atoms with Crippen LogP contribution < -0.4 is 10.1 Å². The van der Waals surface area contributed by atoms with Crippen LogP contribution in [0.3, 0.4) is 0 Å². The molecular formula is C20H32N2O3. The van der Waals surface area contributed by atoms with Crippen molar-refractivity contribution in [3.05, 3.63) is 17.8 Å². The number of aryl methyl sites for hydroxylation is 1. The fraction of sp³-hybridized carbons (Fsp3) is 0.700. The summed E-state index contributed by atoms with van der Waals surface area (Å²) in [5, 5.41) is 3.01. The number of nitrogens with zero attached hydrogens (tertiary/aromatic N) is 1. The van der Waals surface area contributed by atoms with Crippen LogP contribution in [0, 0.1) is 12.8 Å². The maximum Gasteiger partial charge on any atom is 0.256 e. The van der Waals surface area contributed by atoms with Gasteiger partial charge in [-0.05, 0) is 51.5 Å². The summed E-state index contributed by atoms with van der Waals surface area (Å²) in [5.41, 5.74) is 0.912. The van der Waals surface area contributed by atoms with Crippen molar-refractivity contribution in [2.24, 2.45) is 5.92 Å². The fourth-order valence-electron chi connectivity index (χ4n) is 3.52. The zero-order valence-electron chi connectivity index (χ0n) is 16.1. The summed E-state index contributed by atoms with van der Waals surface area (Å²) in [6.07, 6.45) is 7.50. The first-order valence-corrected chi connectivity index (χ1v) is 9.55. The van der Waals surface area contributed by atoms with E-state index in [1.165, 1.54) is 0 Å². The van der Waals surface area contributed by atoms with Crippen LogP contribution in [0.25, 0.3) is 0 Å². The number of hydrogen-bond donors (Lipinski definition) is 1. The summed E-state index contributed by atoms with van der Waals surface area (Å²) in [6.45, 7) is 9.42. The number of amides is 1. The van der Waals surface area contributed by atoms with Crippen molar-refractivity contribution < 1.29 is 14.3 Å². The lowest BCUT2D eigenvalue weighted by atomic mass is 9.78. The standard InChI is InChI=1S/C20H32N2O3/c1-5-7-11-24-18-16(4)12-17(14-21-18)22-19(23)20(25-6-2)10-8-9-15(3)13-20/h12,14-15H,5-11,13H2,1-4H3,(H,22,23). The summed E-state index contributed by atoms with van der Waals surface area (Å²) in [7, 11) is 0. The van der Waals surface area contributed by atoms with Crippen molar-refractivity contribution in [1.29, 1.82) is 0 Å². The molecule has 1 fully saturated rings. The number of anilines is 1. The van der Waals surface area contributed by atoms with Gasteiger partial charge in [-0.25, -0.2) is 4.98 Å². The zero-order valence-corrected chi connectivity index (χ0v) is 16.1. The second kappa shape index (κ2) is 9.18. The van der Waals surface area contributed by atoms with E-state index in [0.29, 0.717) is 30.7 Å². The van der Waals surface area contributed by atoms with E-state index < -0.39 is 5.60 Å². The fourth-order valence-corrected chi connectivity index (χ4v) is 3.52. The van der Waals surface area contributed by atoms with Crippen molar-refractivity contribution in [3.8, 4) is 5.88 Å². The van der Waals surface area contributed by atoms with Crippen LogP contribution in [0.4, 0.5) is 5.69 Å². The summed E-state index contributed by atoms with van der Waals surface area (Å²) in [4.78, 5) is 17.3. The molecule has 1 amide bonds. The molecule has 140 valence electrons. The quantitative estimate of drug-likeness (QED) is 0.703. The molecule has 1 aromatic rings. The van der Waals surface area contributed by atoms with Crippen LogP contribution in [-0.2, 0) is 9.53 Å². The summed E-state index contributed by atoms with van der Waals surface area (Å²) in [6, 6.07) is 1.91. The number of pyridine rings is 1. The molecule has 2 rings (SSSR count). The maximum absolute atomic E-state index is 12.9. The highest BCUT2D eigenvalue weighted by Crippen LogP contribution is 2.36. The minimum atomic E-state index is -0.712. The van der Waals surface area contributed by atoms with Gasteiger partial charge in [-0.2, -0.15) is 0 Å². The highest BCUT2D eigenvalue weighted by Gasteiger charge is 2.42. The van der Waals surface area contributed by atoms with Crippen molar-refractivity contribution in [1.82, 2.24) is 4.98 Å². The summed E-state index contributed by atoms with van der Waals surface area (Å²) < 4.78 is 11.6. The van der Waals surface area contributed by atoms with Crippen LogP contribution in [0.15, 0.2) is 12.3 Å². The van der Waals surface area contributed by atoms with Gasteiger partial charge in [-0.1, -0.05) is 26.7 Å². The Kier molecular flexibility index (Phi) is 7.24. The van der Waals surface area contributed by atoms with Crippen molar-refractivity contribution in [2.75, 3.05) is 18.5 Å². The third-order valence-electron chi connectivity index (χ3n) is 4.81. The van der Waals surface area contributed by atoms with Gasteiger partial charge in [-0.15, -0.1) is 0 Å². The number of unbranched alkanes of at least 4 members (excludes halogenated alkanes) is 1. The lowest BCUT2D eigenvalue weighted by Crippen LogP contribution is -2.48. The Bertz CT molecular complexity index is 572. The molecule has 0 aromatic carbocycles. The highest BCUT2D eigenvalue weighted by molar-refractivity contribution is 5.97. The predicted octanol–water partition coefficient (Wildman–Crippen LogP) is 4.49. The molecule has 1 aromatic heterocycles. The Morgan fingerprint density at radius 3 is 2.88 bits per heavy atom. The Morgan fingerprint density at radius 2 is 2.24 bits per heavy atom. The van der Waals surface area contributed by atoms with Crippen LogP contribution in [0.1, 0.15) is 64.9 Å². The van der Waals surface area contributed by atoms with Gasteiger partial charge < -0.3 is 14.8 Å². The van der Waals surface area contributed by atoms with Crippen LogP contribution in [0.5, 0.6) is 5.88 Å². The van der Waals surface area contributed by atoms with Gasteiger partial charge in [0.05, 0.1) is 18.5 Å². The molecule has 1 aliphatic carbocycles. The third kappa shape index (κ3) is 5.18. The molecule has 0 radical (unpaired) electrons. The van der Waals surface area contributed by atoms with Crippen LogP contribution in [-0.4, -0.2) is 29.7 Å². The van der Waals surface area contributed by atoms with E-state index in [0.717, 1.165) is 44.1 Å². The average Bonchev–Trinajstić information content (AvgIpc) is 2.57. The molecule has 1 aliphatic rings. The third-order valence-corrected chi connectivity index (χ3v) is 4.81. The van der Waals surface area contributed by atoms with E-state index in [2.05, 4.69) is 24.1 Å². The second-order valence-electron chi connectivity index (χ2n) is 7.13. The Hall–Kier alpha value is -1.62. The molecule has 1 N–H and O–H groups in total. The summed E-state index contributed by atoms with van der Waals surface area (Å²) >= 11 is 0. The van der Waals surface area contributed by atoms with E-state index in [4.69, 9.17) is 9.47 Å². The lowest BCUT2D eigenvalue weighted by Gasteiger charge is -2.38. The number of carbonyl (C=O) groups is 1. The SMILES string of the molecule is CCCCOc1ncc(NC(=O)C2(OCC)CCCC(C)C2)cc1C. The number of hydrogen-bond acceptors (Lipinski definition) is 4. The Morgan fingerprint density at radius 1 is 1.44 bits per heavy atom. The van der Waals surface area contributed by atoms with Gasteiger partial charge in [0.25, 0.3) is 5.91 Å². The molecule has 2 atom stereocenters. The predicted molar refractivity (Wildman–Crippen MR) is 100.0 cm³/mol. The number of carbonyl (C=O) groups excluding carboxylic acids is 1. The smallest absolute Gasteiger partial charge is 0.256 e. The first kappa shape index (κ1) is 19.7. The van der Waals surface area contributed by atoms with Crippen LogP contribution >= 0.6 is 0 Å². The number of ether oxygens (including phenoxy) is 2. The van der Waals surface area contributed by atoms with Crippen molar-refractivity contribution in [3.63, 3.8) is 0 Å². The molecule has 5 nitrogen and oxygen atoms in total. The minimum Gasteiger partial charge on any atom is -0.477 e. The van der Waals surface area contributed by atoms with Gasteiger partial charge in [0.2, 0.25) is 5.88 Å². The average molecular weight is 348 g/mol. The number of rotatable bonds is 8. The van der Waals surface area contributed by atoms with E-state index >= 15 is 0 Å². The van der Waals surface area contributed by atoms with Gasteiger partial charge in [-0.3, -0.25) is 4.79 Å². The van der Waals surface area contributed by atoms with Crippen molar-refractivity contribution >= 4 is 11.6 Å². The van der Waals surface area contributed by atoms with Gasteiger partial charge >= 0.3 is 0 Å². The molecular weight excluding hydrogens is 316 g/mol. The van der Waals surface area contributed by atoms with Gasteiger partial charge in [0.15, 0.2) is 0 Å². The molecule has 5 heteroatoms. The molecule has 0 spiro atoms. The maximum atomic E-state index is 12.9. The van der Waals surface area contributed by atoms with Gasteiger partial charge in [0, 0.05) is 12.2 Å². The minimum absolute atomic E-state index is 0.0539. The van der Waals surface area contributed by atoms with E-state index in [1.807, 2.05) is 19.9 Å². The molecule has 1 heterocycles. The molecule has 0 saturated heterocycles. The molecule has 1 saturated carbocycles. The molecule has 0 bridgehead atoms. The van der Waals surface area contributed by atoms with E-state index in [-0.39, 0.29) is 5.91 Å². The Balaban J connectivity index is 2.06. The summed E-state index contributed by atoms with van der Waals surface area (Å²) in [5.74, 6) is 1.08. The highest BCUT2D eigenvalue weighted by atomic mass is 16.5. The monoisotopic (exact) mass is 348 g/mol. The zero-order chi connectivity index (χ0) is 18.3. The first-order chi connectivity index (χ1) is 12.0.